The van der Waals surface area contributed by atoms with Gasteiger partial charge in [0.2, 0.25) is 0 Å². The number of carbonyl (C=O) groups is 1. The summed E-state index contributed by atoms with van der Waals surface area (Å²) in [5.74, 6) is 0.0631. The number of fused-ring (bicyclic) bond motifs is 1. The van der Waals surface area contributed by atoms with Crippen LogP contribution in [0.3, 0.4) is 0 Å². The Bertz CT molecular complexity index is 754. The zero-order valence-corrected chi connectivity index (χ0v) is 14.9. The first-order valence-corrected chi connectivity index (χ1v) is 9.21. The lowest BCUT2D eigenvalue weighted by atomic mass is 10.0. The van der Waals surface area contributed by atoms with Gasteiger partial charge in [-0.15, -0.1) is 0 Å². The minimum Gasteiger partial charge on any atom is -0.369 e. The molecule has 0 aromatic heterocycles. The van der Waals surface area contributed by atoms with Crippen molar-refractivity contribution >= 4 is 23.2 Å². The van der Waals surface area contributed by atoms with Crippen molar-refractivity contribution in [2.75, 3.05) is 37.6 Å². The van der Waals surface area contributed by atoms with Crippen LogP contribution in [0.15, 0.2) is 48.5 Å². The molecular weight excluding hydrogens is 334 g/mol. The van der Waals surface area contributed by atoms with Crippen molar-refractivity contribution < 1.29 is 4.79 Å². The molecule has 25 heavy (non-hydrogen) atoms. The van der Waals surface area contributed by atoms with Gasteiger partial charge in [0.25, 0.3) is 5.91 Å². The van der Waals surface area contributed by atoms with Gasteiger partial charge in [0.15, 0.2) is 0 Å². The Labute approximate surface area is 153 Å². The smallest absolute Gasteiger partial charge is 0.252 e. The minimum atomic E-state index is 0.0631. The summed E-state index contributed by atoms with van der Waals surface area (Å²) in [5, 5.41) is 3.89. The summed E-state index contributed by atoms with van der Waals surface area (Å²) in [6.45, 7) is 5.15. The van der Waals surface area contributed by atoms with Gasteiger partial charge in [-0.2, -0.15) is 0 Å². The normalized spacial score (nSPS) is 20.4. The van der Waals surface area contributed by atoms with Crippen LogP contribution in [0.1, 0.15) is 28.4 Å². The fourth-order valence-electron chi connectivity index (χ4n) is 3.74. The number of anilines is 1. The van der Waals surface area contributed by atoms with E-state index in [1.807, 2.05) is 30.3 Å². The number of piperazine rings is 1. The highest BCUT2D eigenvalue weighted by Gasteiger charge is 2.28. The molecule has 1 amide bonds. The number of amides is 1. The Morgan fingerprint density at radius 2 is 1.72 bits per heavy atom. The van der Waals surface area contributed by atoms with E-state index in [2.05, 4.69) is 33.3 Å². The molecule has 0 saturated carbocycles. The van der Waals surface area contributed by atoms with Crippen molar-refractivity contribution in [3.05, 3.63) is 64.7 Å². The predicted octanol–water partition coefficient (Wildman–Crippen LogP) is 3.34. The molecule has 4 nitrogen and oxygen atoms in total. The van der Waals surface area contributed by atoms with Crippen molar-refractivity contribution in [2.24, 2.45) is 0 Å². The molecular formula is C20H22ClN3O. The van der Waals surface area contributed by atoms with Gasteiger partial charge in [-0.1, -0.05) is 29.8 Å². The largest absolute Gasteiger partial charge is 0.369 e. The summed E-state index contributed by atoms with van der Waals surface area (Å²) in [6.07, 6.45) is 0.962. The lowest BCUT2D eigenvalue weighted by Gasteiger charge is -2.36. The molecule has 2 aliphatic heterocycles. The molecule has 0 radical (unpaired) electrons. The van der Waals surface area contributed by atoms with E-state index >= 15 is 0 Å². The summed E-state index contributed by atoms with van der Waals surface area (Å²) >= 11 is 5.97. The van der Waals surface area contributed by atoms with Gasteiger partial charge in [-0.05, 0) is 42.3 Å². The quantitative estimate of drug-likeness (QED) is 0.913. The topological polar surface area (TPSA) is 35.6 Å². The summed E-state index contributed by atoms with van der Waals surface area (Å²) in [7, 11) is 0. The maximum atomic E-state index is 12.0. The molecule has 1 N–H and O–H groups in total. The standard InChI is InChI=1S/C20H22ClN3O/c21-15-5-7-16(8-6-15)24-13-11-23(12-14-24)10-9-19-17-3-1-2-4-18(17)20(25)22-19/h1-8,19H,9-14H2,(H,22,25). The first kappa shape index (κ1) is 16.4. The maximum Gasteiger partial charge on any atom is 0.252 e. The molecule has 1 atom stereocenters. The van der Waals surface area contributed by atoms with Gasteiger partial charge in [0.05, 0.1) is 6.04 Å². The second-order valence-electron chi connectivity index (χ2n) is 6.71. The van der Waals surface area contributed by atoms with Crippen molar-refractivity contribution in [1.82, 2.24) is 10.2 Å². The molecule has 0 aliphatic carbocycles. The van der Waals surface area contributed by atoms with E-state index < -0.39 is 0 Å². The SMILES string of the molecule is O=C1NC(CCN2CCN(c3ccc(Cl)cc3)CC2)c2ccccc21. The first-order chi connectivity index (χ1) is 12.2. The summed E-state index contributed by atoms with van der Waals surface area (Å²) in [4.78, 5) is 16.9. The molecule has 0 bridgehead atoms. The van der Waals surface area contributed by atoms with Crippen LogP contribution in [0.4, 0.5) is 5.69 Å². The lowest BCUT2D eigenvalue weighted by Crippen LogP contribution is -2.47. The average molecular weight is 356 g/mol. The second kappa shape index (κ2) is 7.06. The van der Waals surface area contributed by atoms with Crippen molar-refractivity contribution in [2.45, 2.75) is 12.5 Å². The van der Waals surface area contributed by atoms with Crippen molar-refractivity contribution in [1.29, 1.82) is 0 Å². The Morgan fingerprint density at radius 1 is 1.00 bits per heavy atom. The molecule has 2 aliphatic rings. The third kappa shape index (κ3) is 3.51. The summed E-state index contributed by atoms with van der Waals surface area (Å²) in [6, 6.07) is 16.1. The first-order valence-electron chi connectivity index (χ1n) is 8.83. The van der Waals surface area contributed by atoms with Gasteiger partial charge < -0.3 is 10.2 Å². The maximum absolute atomic E-state index is 12.0. The number of rotatable bonds is 4. The highest BCUT2D eigenvalue weighted by molar-refractivity contribution is 6.30. The van der Waals surface area contributed by atoms with E-state index in [4.69, 9.17) is 11.6 Å². The minimum absolute atomic E-state index is 0.0631. The highest BCUT2D eigenvalue weighted by atomic mass is 35.5. The molecule has 4 rings (SSSR count). The average Bonchev–Trinajstić information content (AvgIpc) is 2.98. The Morgan fingerprint density at radius 3 is 2.48 bits per heavy atom. The van der Waals surface area contributed by atoms with Crippen LogP contribution in [0.2, 0.25) is 5.02 Å². The number of hydrogen-bond acceptors (Lipinski definition) is 3. The molecule has 2 aromatic rings. The number of nitrogens with zero attached hydrogens (tertiary/aromatic N) is 2. The van der Waals surface area contributed by atoms with Crippen LogP contribution in [0.5, 0.6) is 0 Å². The monoisotopic (exact) mass is 355 g/mol. The van der Waals surface area contributed by atoms with Crippen LogP contribution >= 0.6 is 11.6 Å². The van der Waals surface area contributed by atoms with E-state index in [0.29, 0.717) is 0 Å². The Balaban J connectivity index is 1.30. The molecule has 1 saturated heterocycles. The predicted molar refractivity (Wildman–Crippen MR) is 101 cm³/mol. The zero-order chi connectivity index (χ0) is 17.2. The number of carbonyl (C=O) groups excluding carboxylic acids is 1. The number of halogens is 1. The lowest BCUT2D eigenvalue weighted by molar-refractivity contribution is 0.0952. The Hall–Kier alpha value is -2.04. The van der Waals surface area contributed by atoms with Gasteiger partial charge >= 0.3 is 0 Å². The second-order valence-corrected chi connectivity index (χ2v) is 7.14. The molecule has 1 fully saturated rings. The van der Waals surface area contributed by atoms with E-state index in [1.165, 1.54) is 5.69 Å². The van der Waals surface area contributed by atoms with Crippen LogP contribution in [-0.4, -0.2) is 43.5 Å². The molecule has 2 aromatic carbocycles. The van der Waals surface area contributed by atoms with Gasteiger partial charge in [0.1, 0.15) is 0 Å². The molecule has 130 valence electrons. The summed E-state index contributed by atoms with van der Waals surface area (Å²) in [5.41, 5.74) is 3.22. The molecule has 1 unspecified atom stereocenters. The highest BCUT2D eigenvalue weighted by Crippen LogP contribution is 2.28. The van der Waals surface area contributed by atoms with E-state index in [0.717, 1.165) is 55.3 Å². The van der Waals surface area contributed by atoms with Crippen molar-refractivity contribution in [3.8, 4) is 0 Å². The van der Waals surface area contributed by atoms with Gasteiger partial charge in [-0.25, -0.2) is 0 Å². The Kier molecular flexibility index (Phi) is 4.64. The summed E-state index contributed by atoms with van der Waals surface area (Å²) < 4.78 is 0. The van der Waals surface area contributed by atoms with E-state index in [-0.39, 0.29) is 11.9 Å². The zero-order valence-electron chi connectivity index (χ0n) is 14.1. The molecule has 5 heteroatoms. The fourth-order valence-corrected chi connectivity index (χ4v) is 3.87. The number of nitrogens with one attached hydrogen (secondary N) is 1. The fraction of sp³-hybridized carbons (Fsp3) is 0.350. The van der Waals surface area contributed by atoms with Crippen LogP contribution in [0.25, 0.3) is 0 Å². The van der Waals surface area contributed by atoms with Crippen LogP contribution in [0, 0.1) is 0 Å². The van der Waals surface area contributed by atoms with Gasteiger partial charge in [-0.3, -0.25) is 9.69 Å². The van der Waals surface area contributed by atoms with Gasteiger partial charge in [0, 0.05) is 49.0 Å². The van der Waals surface area contributed by atoms with Crippen LogP contribution in [-0.2, 0) is 0 Å². The number of hydrogen-bond donors (Lipinski definition) is 1. The van der Waals surface area contributed by atoms with Crippen LogP contribution < -0.4 is 10.2 Å². The van der Waals surface area contributed by atoms with Crippen molar-refractivity contribution in [3.63, 3.8) is 0 Å². The molecule has 2 heterocycles. The third-order valence-corrected chi connectivity index (χ3v) is 5.44. The van der Waals surface area contributed by atoms with E-state index in [1.54, 1.807) is 0 Å². The third-order valence-electron chi connectivity index (χ3n) is 5.18. The number of benzene rings is 2. The molecule has 0 spiro atoms. The van der Waals surface area contributed by atoms with E-state index in [9.17, 15) is 4.79 Å².